The molecule has 0 saturated carbocycles. The highest BCUT2D eigenvalue weighted by atomic mass is 35.5. The Balaban J connectivity index is 1.76. The Morgan fingerprint density at radius 1 is 1.31 bits per heavy atom. The second-order valence-corrected chi connectivity index (χ2v) is 7.53. The smallest absolute Gasteiger partial charge is 0.376 e. The number of carbonyl (C=O) groups excluding carboxylic acids is 1. The summed E-state index contributed by atoms with van der Waals surface area (Å²) in [4.78, 5) is 29.4. The molecule has 0 spiro atoms. The molecule has 0 radical (unpaired) electrons. The van der Waals surface area contributed by atoms with Gasteiger partial charge in [0.15, 0.2) is 10.9 Å². The fraction of sp³-hybridized carbons (Fsp3) is 0.467. The molecule has 0 atom stereocenters. The SMILES string of the molecule is CB(O)N1CCN(c2cc(Cl)nc(Nc3nc(C)c(C(C)=O)s3)n2)CC1. The van der Waals surface area contributed by atoms with E-state index in [1.165, 1.54) is 18.3 Å². The molecule has 0 unspecified atom stereocenters. The fourth-order valence-electron chi connectivity index (χ4n) is 2.82. The number of piperazine rings is 1. The minimum atomic E-state index is -0.452. The second kappa shape index (κ2) is 7.87. The van der Waals surface area contributed by atoms with Crippen LogP contribution in [0.25, 0.3) is 0 Å². The van der Waals surface area contributed by atoms with Crippen LogP contribution in [0.1, 0.15) is 22.3 Å². The zero-order valence-corrected chi connectivity index (χ0v) is 16.4. The molecule has 1 fully saturated rings. The van der Waals surface area contributed by atoms with Gasteiger partial charge in [0, 0.05) is 39.2 Å². The summed E-state index contributed by atoms with van der Waals surface area (Å²) in [5.41, 5.74) is 0.682. The van der Waals surface area contributed by atoms with E-state index >= 15 is 0 Å². The summed E-state index contributed by atoms with van der Waals surface area (Å²) < 4.78 is 0. The Morgan fingerprint density at radius 2 is 2.00 bits per heavy atom. The number of anilines is 3. The Bertz CT molecular complexity index is 809. The molecule has 0 bridgehead atoms. The van der Waals surface area contributed by atoms with Crippen molar-refractivity contribution in [1.82, 2.24) is 19.8 Å². The lowest BCUT2D eigenvalue weighted by molar-refractivity contribution is 0.102. The standard InChI is InChI=1S/C15H20BClN6O2S/c1-9-13(10(2)24)26-15(18-9)21-14-19-11(17)8-12(20-14)22-4-6-23(7-5-22)16(3)25/h8,25H,4-7H2,1-3H3,(H,18,19,20,21). The second-order valence-electron chi connectivity index (χ2n) is 6.14. The summed E-state index contributed by atoms with van der Waals surface area (Å²) in [6.45, 7) is 8.05. The molecule has 2 N–H and O–H groups in total. The monoisotopic (exact) mass is 394 g/mol. The molecule has 1 aliphatic rings. The van der Waals surface area contributed by atoms with Crippen molar-refractivity contribution in [3.63, 3.8) is 0 Å². The number of ketones is 1. The molecule has 11 heteroatoms. The van der Waals surface area contributed by atoms with Crippen molar-refractivity contribution in [2.24, 2.45) is 0 Å². The summed E-state index contributed by atoms with van der Waals surface area (Å²) in [5.74, 6) is 1.05. The number of hydrogen-bond acceptors (Lipinski definition) is 9. The predicted octanol–water partition coefficient (Wildman–Crippen LogP) is 2.07. The van der Waals surface area contributed by atoms with Crippen molar-refractivity contribution < 1.29 is 9.82 Å². The first-order valence-corrected chi connectivity index (χ1v) is 9.50. The maximum absolute atomic E-state index is 11.6. The van der Waals surface area contributed by atoms with Gasteiger partial charge in [-0.25, -0.2) is 9.97 Å². The minimum absolute atomic E-state index is 0.0169. The van der Waals surface area contributed by atoms with E-state index in [2.05, 4.69) is 25.2 Å². The number of carbonyl (C=O) groups is 1. The van der Waals surface area contributed by atoms with Crippen molar-refractivity contribution >= 4 is 52.7 Å². The quantitative estimate of drug-likeness (QED) is 0.452. The van der Waals surface area contributed by atoms with Gasteiger partial charge < -0.3 is 14.7 Å². The van der Waals surface area contributed by atoms with E-state index in [-0.39, 0.29) is 5.78 Å². The average molecular weight is 395 g/mol. The van der Waals surface area contributed by atoms with E-state index in [4.69, 9.17) is 11.6 Å². The number of hydrogen-bond donors (Lipinski definition) is 2. The molecule has 2 aromatic rings. The Labute approximate surface area is 161 Å². The van der Waals surface area contributed by atoms with Gasteiger partial charge >= 0.3 is 7.05 Å². The number of aryl methyl sites for hydroxylation is 1. The van der Waals surface area contributed by atoms with Crippen LogP contribution >= 0.6 is 22.9 Å². The van der Waals surface area contributed by atoms with E-state index in [1.54, 1.807) is 19.8 Å². The lowest BCUT2D eigenvalue weighted by Crippen LogP contribution is -2.51. The highest BCUT2D eigenvalue weighted by Crippen LogP contribution is 2.27. The minimum Gasteiger partial charge on any atom is -0.437 e. The maximum atomic E-state index is 11.6. The van der Waals surface area contributed by atoms with E-state index in [0.717, 1.165) is 32.0 Å². The molecule has 3 heterocycles. The summed E-state index contributed by atoms with van der Waals surface area (Å²) in [5, 5.41) is 13.6. The molecule has 26 heavy (non-hydrogen) atoms. The van der Waals surface area contributed by atoms with Gasteiger partial charge in [-0.05, 0) is 13.7 Å². The van der Waals surface area contributed by atoms with Crippen molar-refractivity contribution in [3.05, 3.63) is 21.8 Å². The van der Waals surface area contributed by atoms with Gasteiger partial charge in [-0.3, -0.25) is 10.1 Å². The first-order chi connectivity index (χ1) is 12.3. The van der Waals surface area contributed by atoms with Gasteiger partial charge in [0.2, 0.25) is 5.95 Å². The van der Waals surface area contributed by atoms with Crippen LogP contribution in [-0.4, -0.2) is 63.8 Å². The van der Waals surface area contributed by atoms with Crippen LogP contribution in [-0.2, 0) is 0 Å². The zero-order valence-electron chi connectivity index (χ0n) is 14.9. The average Bonchev–Trinajstić information content (AvgIpc) is 2.95. The van der Waals surface area contributed by atoms with Crippen molar-refractivity contribution in [2.45, 2.75) is 20.7 Å². The highest BCUT2D eigenvalue weighted by molar-refractivity contribution is 7.17. The van der Waals surface area contributed by atoms with Crippen LogP contribution in [0.3, 0.4) is 0 Å². The molecule has 3 rings (SSSR count). The molecule has 2 aromatic heterocycles. The number of aromatic nitrogens is 3. The molecule has 138 valence electrons. The van der Waals surface area contributed by atoms with Crippen LogP contribution < -0.4 is 10.2 Å². The summed E-state index contributed by atoms with van der Waals surface area (Å²) in [6, 6.07) is 1.72. The topological polar surface area (TPSA) is 94.5 Å². The molecular formula is C15H20BClN6O2S. The molecule has 8 nitrogen and oxygen atoms in total. The van der Waals surface area contributed by atoms with Crippen LogP contribution in [0.2, 0.25) is 12.0 Å². The predicted molar refractivity (Wildman–Crippen MR) is 105 cm³/mol. The Hall–Kier alpha value is -1.75. The van der Waals surface area contributed by atoms with Gasteiger partial charge in [-0.15, -0.1) is 0 Å². The van der Waals surface area contributed by atoms with Gasteiger partial charge in [-0.2, -0.15) is 4.98 Å². The number of thiazole rings is 1. The third-order valence-corrected chi connectivity index (χ3v) is 5.55. The van der Waals surface area contributed by atoms with Gasteiger partial charge in [0.25, 0.3) is 0 Å². The van der Waals surface area contributed by atoms with Gasteiger partial charge in [0.05, 0.1) is 10.6 Å². The summed E-state index contributed by atoms with van der Waals surface area (Å²) in [6.07, 6.45) is 0. The van der Waals surface area contributed by atoms with Crippen molar-refractivity contribution in [1.29, 1.82) is 0 Å². The molecule has 1 aliphatic heterocycles. The first-order valence-electron chi connectivity index (χ1n) is 8.30. The van der Waals surface area contributed by atoms with Crippen LogP contribution in [0, 0.1) is 6.92 Å². The molecule has 0 aliphatic carbocycles. The number of nitrogens with zero attached hydrogens (tertiary/aromatic N) is 5. The van der Waals surface area contributed by atoms with E-state index < -0.39 is 7.05 Å². The van der Waals surface area contributed by atoms with E-state index in [1.807, 2.05) is 4.81 Å². The lowest BCUT2D eigenvalue weighted by Gasteiger charge is -2.36. The number of rotatable bonds is 5. The third kappa shape index (κ3) is 4.32. The summed E-state index contributed by atoms with van der Waals surface area (Å²) in [7, 11) is -0.452. The first kappa shape index (κ1) is 19.0. The van der Waals surface area contributed by atoms with Crippen LogP contribution in [0.4, 0.5) is 16.9 Å². The summed E-state index contributed by atoms with van der Waals surface area (Å²) >= 11 is 7.43. The zero-order chi connectivity index (χ0) is 18.8. The molecule has 0 amide bonds. The normalized spacial score (nSPS) is 15.2. The molecule has 1 saturated heterocycles. The Morgan fingerprint density at radius 3 is 2.58 bits per heavy atom. The van der Waals surface area contributed by atoms with Crippen LogP contribution in [0.5, 0.6) is 0 Å². The lowest BCUT2D eigenvalue weighted by atomic mass is 9.84. The third-order valence-electron chi connectivity index (χ3n) is 4.18. The molecular weight excluding hydrogens is 375 g/mol. The van der Waals surface area contributed by atoms with E-state index in [9.17, 15) is 9.82 Å². The van der Waals surface area contributed by atoms with Crippen molar-refractivity contribution in [3.8, 4) is 0 Å². The van der Waals surface area contributed by atoms with E-state index in [0.29, 0.717) is 26.8 Å². The largest absolute Gasteiger partial charge is 0.437 e. The number of nitrogens with one attached hydrogen (secondary N) is 1. The highest BCUT2D eigenvalue weighted by Gasteiger charge is 2.24. The fourth-order valence-corrected chi connectivity index (χ4v) is 3.85. The van der Waals surface area contributed by atoms with Crippen LogP contribution in [0.15, 0.2) is 6.07 Å². The molecule has 0 aromatic carbocycles. The maximum Gasteiger partial charge on any atom is 0.376 e. The number of halogens is 1. The Kier molecular flexibility index (Phi) is 5.76. The number of Topliss-reactive ketones (excluding diaryl/α,β-unsaturated/α-hetero) is 1. The van der Waals surface area contributed by atoms with Gasteiger partial charge in [0.1, 0.15) is 11.0 Å². The van der Waals surface area contributed by atoms with Gasteiger partial charge in [-0.1, -0.05) is 22.9 Å². The van der Waals surface area contributed by atoms with Crippen molar-refractivity contribution in [2.75, 3.05) is 36.4 Å².